The summed E-state index contributed by atoms with van der Waals surface area (Å²) in [6, 6.07) is 2.65. The minimum Gasteiger partial charge on any atom is -0.367 e. The molecule has 0 aromatic heterocycles. The molecule has 1 aromatic rings. The lowest BCUT2D eigenvalue weighted by Crippen LogP contribution is -2.31. The maximum Gasteiger partial charge on any atom is 0.149 e. The Morgan fingerprint density at radius 1 is 0.952 bits per heavy atom. The third-order valence-electron chi connectivity index (χ3n) is 3.81. The second kappa shape index (κ2) is 8.95. The molecule has 0 saturated heterocycles. The second-order valence-electron chi connectivity index (χ2n) is 5.07. The fourth-order valence-corrected chi connectivity index (χ4v) is 2.49. The highest BCUT2D eigenvalue weighted by Gasteiger charge is 2.16. The van der Waals surface area contributed by atoms with E-state index in [9.17, 15) is 8.78 Å². The van der Waals surface area contributed by atoms with Crippen LogP contribution >= 0.6 is 0 Å². The van der Waals surface area contributed by atoms with Gasteiger partial charge in [-0.15, -0.1) is 0 Å². The maximum absolute atomic E-state index is 14.1. The molecule has 0 aliphatic carbocycles. The number of anilines is 1. The van der Waals surface area contributed by atoms with Gasteiger partial charge in [0, 0.05) is 19.6 Å². The lowest BCUT2D eigenvalue weighted by atomic mass is 10.1. The van der Waals surface area contributed by atoms with E-state index in [-0.39, 0.29) is 12.2 Å². The van der Waals surface area contributed by atoms with Gasteiger partial charge in [-0.25, -0.2) is 8.78 Å². The molecule has 0 atom stereocenters. The summed E-state index contributed by atoms with van der Waals surface area (Å²) in [4.78, 5) is 4.06. The van der Waals surface area contributed by atoms with E-state index < -0.39 is 11.6 Å². The molecule has 1 rings (SSSR count). The van der Waals surface area contributed by atoms with E-state index in [0.29, 0.717) is 18.7 Å². The Balaban J connectivity index is 2.76. The number of halogens is 2. The van der Waals surface area contributed by atoms with Crippen LogP contribution in [-0.2, 0) is 6.54 Å². The number of hydrogen-bond acceptors (Lipinski definition) is 3. The number of nitrogens with zero attached hydrogens (tertiary/aromatic N) is 2. The molecule has 5 heteroatoms. The van der Waals surface area contributed by atoms with Crippen molar-refractivity contribution < 1.29 is 8.78 Å². The molecule has 0 aliphatic heterocycles. The highest BCUT2D eigenvalue weighted by molar-refractivity contribution is 5.50. The first kappa shape index (κ1) is 17.9. The Labute approximate surface area is 126 Å². The van der Waals surface area contributed by atoms with Crippen LogP contribution in [-0.4, -0.2) is 37.6 Å². The quantitative estimate of drug-likeness (QED) is 0.761. The molecule has 2 N–H and O–H groups in total. The van der Waals surface area contributed by atoms with E-state index in [1.807, 2.05) is 6.92 Å². The summed E-state index contributed by atoms with van der Waals surface area (Å²) in [5.74, 6) is -1.06. The van der Waals surface area contributed by atoms with Crippen molar-refractivity contribution in [2.45, 2.75) is 33.7 Å². The lowest BCUT2D eigenvalue weighted by molar-refractivity contribution is 0.300. The van der Waals surface area contributed by atoms with Crippen LogP contribution < -0.4 is 10.6 Å². The molecule has 0 spiro atoms. The van der Waals surface area contributed by atoms with Crippen molar-refractivity contribution in [3.05, 3.63) is 29.3 Å². The summed E-state index contributed by atoms with van der Waals surface area (Å²) in [6.45, 7) is 10.4. The Morgan fingerprint density at radius 2 is 1.52 bits per heavy atom. The van der Waals surface area contributed by atoms with E-state index in [1.165, 1.54) is 12.1 Å². The topological polar surface area (TPSA) is 32.5 Å². The van der Waals surface area contributed by atoms with Crippen LogP contribution in [0.2, 0.25) is 0 Å². The van der Waals surface area contributed by atoms with Gasteiger partial charge in [-0.3, -0.25) is 0 Å². The molecule has 0 heterocycles. The normalized spacial score (nSPS) is 11.2. The van der Waals surface area contributed by atoms with Gasteiger partial charge in [0.15, 0.2) is 0 Å². The molecule has 21 heavy (non-hydrogen) atoms. The Kier molecular flexibility index (Phi) is 7.61. The summed E-state index contributed by atoms with van der Waals surface area (Å²) in [7, 11) is 0. The number of nitrogens with two attached hydrogens (primary N) is 1. The Hall–Kier alpha value is -1.20. The number of rotatable bonds is 9. The molecule has 0 fully saturated rings. The molecule has 0 saturated carbocycles. The van der Waals surface area contributed by atoms with E-state index >= 15 is 0 Å². The number of hydrogen-bond donors (Lipinski definition) is 1. The van der Waals surface area contributed by atoms with Gasteiger partial charge in [0.05, 0.1) is 0 Å². The molecular weight excluding hydrogens is 272 g/mol. The fourth-order valence-electron chi connectivity index (χ4n) is 2.49. The lowest BCUT2D eigenvalue weighted by Gasteiger charge is -2.26. The molecule has 3 nitrogen and oxygen atoms in total. The highest BCUT2D eigenvalue weighted by atomic mass is 19.1. The van der Waals surface area contributed by atoms with Crippen molar-refractivity contribution in [3.8, 4) is 0 Å². The van der Waals surface area contributed by atoms with E-state index in [1.54, 1.807) is 4.90 Å². The largest absolute Gasteiger partial charge is 0.367 e. The van der Waals surface area contributed by atoms with Gasteiger partial charge in [0.1, 0.15) is 17.3 Å². The minimum atomic E-state index is -0.528. The maximum atomic E-state index is 14.1. The van der Waals surface area contributed by atoms with Gasteiger partial charge in [0.25, 0.3) is 0 Å². The summed E-state index contributed by atoms with van der Waals surface area (Å²) in [5.41, 5.74) is 5.98. The third-order valence-corrected chi connectivity index (χ3v) is 3.81. The standard InChI is InChI=1S/C16H27F2N3/c1-4-20(5-2)8-7-9-21(6-3)16-14(17)10-13(12-19)11-15(16)18/h10-11H,4-9,12,19H2,1-3H3. The molecule has 120 valence electrons. The zero-order valence-corrected chi connectivity index (χ0v) is 13.3. The highest BCUT2D eigenvalue weighted by Crippen LogP contribution is 2.25. The summed E-state index contributed by atoms with van der Waals surface area (Å²) in [6.07, 6.45) is 0.882. The molecule has 1 aromatic carbocycles. The monoisotopic (exact) mass is 299 g/mol. The van der Waals surface area contributed by atoms with Crippen LogP contribution in [0.25, 0.3) is 0 Å². The first-order chi connectivity index (χ1) is 10.1. The Bertz CT molecular complexity index is 411. The molecule has 0 unspecified atom stereocenters. The van der Waals surface area contributed by atoms with Crippen molar-refractivity contribution in [2.24, 2.45) is 5.73 Å². The van der Waals surface area contributed by atoms with Gasteiger partial charge < -0.3 is 15.5 Å². The number of benzene rings is 1. The van der Waals surface area contributed by atoms with Crippen LogP contribution in [0.1, 0.15) is 32.8 Å². The zero-order valence-electron chi connectivity index (χ0n) is 13.3. The van der Waals surface area contributed by atoms with Crippen LogP contribution in [0.15, 0.2) is 12.1 Å². The first-order valence-corrected chi connectivity index (χ1v) is 7.72. The molecule has 0 aliphatic rings. The van der Waals surface area contributed by atoms with E-state index in [0.717, 1.165) is 26.1 Å². The SMILES string of the molecule is CCN(CC)CCCN(CC)c1c(F)cc(CN)cc1F. The summed E-state index contributed by atoms with van der Waals surface area (Å²) in [5, 5.41) is 0. The molecule has 0 amide bonds. The zero-order chi connectivity index (χ0) is 15.8. The van der Waals surface area contributed by atoms with Crippen LogP contribution in [0.3, 0.4) is 0 Å². The predicted octanol–water partition coefficient (Wildman–Crippen LogP) is 2.98. The predicted molar refractivity (Wildman–Crippen MR) is 84.5 cm³/mol. The van der Waals surface area contributed by atoms with Crippen molar-refractivity contribution in [3.63, 3.8) is 0 Å². The molecule has 0 bridgehead atoms. The van der Waals surface area contributed by atoms with Crippen LogP contribution in [0.4, 0.5) is 14.5 Å². The summed E-state index contributed by atoms with van der Waals surface area (Å²) >= 11 is 0. The van der Waals surface area contributed by atoms with Crippen molar-refractivity contribution in [1.29, 1.82) is 0 Å². The van der Waals surface area contributed by atoms with Gasteiger partial charge >= 0.3 is 0 Å². The van der Waals surface area contributed by atoms with Crippen molar-refractivity contribution in [2.75, 3.05) is 37.6 Å². The van der Waals surface area contributed by atoms with Crippen LogP contribution in [0.5, 0.6) is 0 Å². The Morgan fingerprint density at radius 3 is 1.95 bits per heavy atom. The molecule has 0 radical (unpaired) electrons. The van der Waals surface area contributed by atoms with Crippen LogP contribution in [0, 0.1) is 11.6 Å². The third kappa shape index (κ3) is 4.93. The average molecular weight is 299 g/mol. The first-order valence-electron chi connectivity index (χ1n) is 7.72. The van der Waals surface area contributed by atoms with E-state index in [4.69, 9.17) is 5.73 Å². The van der Waals surface area contributed by atoms with Gasteiger partial charge in [-0.2, -0.15) is 0 Å². The average Bonchev–Trinajstić information content (AvgIpc) is 2.48. The smallest absolute Gasteiger partial charge is 0.149 e. The van der Waals surface area contributed by atoms with Crippen molar-refractivity contribution in [1.82, 2.24) is 4.90 Å². The van der Waals surface area contributed by atoms with Gasteiger partial charge in [-0.1, -0.05) is 13.8 Å². The summed E-state index contributed by atoms with van der Waals surface area (Å²) < 4.78 is 28.2. The molecular formula is C16H27F2N3. The van der Waals surface area contributed by atoms with Crippen molar-refractivity contribution >= 4 is 5.69 Å². The van der Waals surface area contributed by atoms with Gasteiger partial charge in [-0.05, 0) is 50.7 Å². The van der Waals surface area contributed by atoms with E-state index in [2.05, 4.69) is 18.7 Å². The van der Waals surface area contributed by atoms with Gasteiger partial charge in [0.2, 0.25) is 0 Å². The second-order valence-corrected chi connectivity index (χ2v) is 5.07. The fraction of sp³-hybridized carbons (Fsp3) is 0.625. The minimum absolute atomic E-state index is 0.0641.